The summed E-state index contributed by atoms with van der Waals surface area (Å²) in [7, 11) is 1.82. The average molecular weight is 284 g/mol. The van der Waals surface area contributed by atoms with Crippen molar-refractivity contribution in [1.29, 1.82) is 0 Å². The summed E-state index contributed by atoms with van der Waals surface area (Å²) in [4.78, 5) is 6.71. The number of nitrogens with zero attached hydrogens (tertiary/aromatic N) is 2. The van der Waals surface area contributed by atoms with E-state index in [1.54, 1.807) is 0 Å². The lowest BCUT2D eigenvalue weighted by Gasteiger charge is -2.18. The molecule has 2 N–H and O–H groups in total. The number of rotatable bonds is 9. The summed E-state index contributed by atoms with van der Waals surface area (Å²) < 4.78 is 5.59. The van der Waals surface area contributed by atoms with Gasteiger partial charge in [0.15, 0.2) is 5.96 Å². The number of hydrogen-bond acceptors (Lipinski definition) is 3. The lowest BCUT2D eigenvalue weighted by molar-refractivity contribution is 0.114. The molecular formula is C15H32N4O. The van der Waals surface area contributed by atoms with E-state index in [4.69, 9.17) is 4.74 Å². The zero-order valence-electron chi connectivity index (χ0n) is 13.5. The van der Waals surface area contributed by atoms with E-state index in [2.05, 4.69) is 34.4 Å². The van der Waals surface area contributed by atoms with Gasteiger partial charge in [0.05, 0.1) is 6.10 Å². The smallest absolute Gasteiger partial charge is 0.191 e. The van der Waals surface area contributed by atoms with Crippen LogP contribution in [0.15, 0.2) is 4.99 Å². The molecule has 1 unspecified atom stereocenters. The van der Waals surface area contributed by atoms with Gasteiger partial charge in [-0.15, -0.1) is 0 Å². The molecule has 0 radical (unpaired) electrons. The Morgan fingerprint density at radius 3 is 2.65 bits per heavy atom. The van der Waals surface area contributed by atoms with E-state index < -0.39 is 0 Å². The lowest BCUT2D eigenvalue weighted by atomic mass is 10.2. The highest BCUT2D eigenvalue weighted by Crippen LogP contribution is 2.10. The van der Waals surface area contributed by atoms with E-state index in [1.807, 2.05) is 7.05 Å². The first-order valence-electron chi connectivity index (χ1n) is 8.08. The second kappa shape index (κ2) is 10.9. The first kappa shape index (κ1) is 17.2. The third kappa shape index (κ3) is 7.10. The Morgan fingerprint density at radius 2 is 2.05 bits per heavy atom. The van der Waals surface area contributed by atoms with E-state index in [9.17, 15) is 0 Å². The van der Waals surface area contributed by atoms with Crippen molar-refractivity contribution in [3.05, 3.63) is 0 Å². The normalized spacial score (nSPS) is 19.6. The molecule has 5 nitrogen and oxygen atoms in total. The van der Waals surface area contributed by atoms with Gasteiger partial charge in [-0.25, -0.2) is 0 Å². The molecule has 1 heterocycles. The molecule has 1 aliphatic rings. The van der Waals surface area contributed by atoms with Crippen molar-refractivity contribution in [1.82, 2.24) is 15.5 Å². The van der Waals surface area contributed by atoms with Crippen molar-refractivity contribution < 1.29 is 4.74 Å². The highest BCUT2D eigenvalue weighted by Gasteiger charge is 2.15. The van der Waals surface area contributed by atoms with Crippen LogP contribution in [0.25, 0.3) is 0 Å². The van der Waals surface area contributed by atoms with Gasteiger partial charge >= 0.3 is 0 Å². The van der Waals surface area contributed by atoms with Gasteiger partial charge in [-0.3, -0.25) is 4.99 Å². The molecule has 0 bridgehead atoms. The van der Waals surface area contributed by atoms with Gasteiger partial charge in [-0.2, -0.15) is 0 Å². The van der Waals surface area contributed by atoms with Crippen molar-refractivity contribution in [2.24, 2.45) is 4.99 Å². The van der Waals surface area contributed by atoms with Gasteiger partial charge in [0, 0.05) is 26.7 Å². The van der Waals surface area contributed by atoms with Gasteiger partial charge in [0.1, 0.15) is 0 Å². The number of aliphatic imine (C=N–C) groups is 1. The summed E-state index contributed by atoms with van der Waals surface area (Å²) >= 11 is 0. The summed E-state index contributed by atoms with van der Waals surface area (Å²) in [6, 6.07) is 0. The first-order valence-corrected chi connectivity index (χ1v) is 8.08. The highest BCUT2D eigenvalue weighted by atomic mass is 16.5. The minimum absolute atomic E-state index is 0.358. The molecule has 5 heteroatoms. The van der Waals surface area contributed by atoms with Crippen molar-refractivity contribution >= 4 is 5.96 Å². The van der Waals surface area contributed by atoms with Crippen molar-refractivity contribution in [3.8, 4) is 0 Å². The van der Waals surface area contributed by atoms with Crippen LogP contribution in [0.2, 0.25) is 0 Å². The van der Waals surface area contributed by atoms with Gasteiger partial charge in [-0.05, 0) is 45.3 Å². The topological polar surface area (TPSA) is 48.9 Å². The number of ether oxygens (including phenoxy) is 1. The Hall–Kier alpha value is -0.810. The maximum Gasteiger partial charge on any atom is 0.191 e. The molecule has 118 valence electrons. The third-order valence-corrected chi connectivity index (χ3v) is 3.83. The zero-order valence-corrected chi connectivity index (χ0v) is 13.5. The van der Waals surface area contributed by atoms with Crippen LogP contribution in [0, 0.1) is 0 Å². The van der Waals surface area contributed by atoms with Crippen molar-refractivity contribution in [2.75, 3.05) is 46.4 Å². The summed E-state index contributed by atoms with van der Waals surface area (Å²) in [6.45, 7) is 10.7. The molecule has 0 aliphatic carbocycles. The van der Waals surface area contributed by atoms with Crippen LogP contribution in [-0.4, -0.2) is 63.3 Å². The maximum absolute atomic E-state index is 5.59. The molecule has 0 amide bonds. The van der Waals surface area contributed by atoms with E-state index in [-0.39, 0.29) is 0 Å². The number of guanidine groups is 1. The van der Waals surface area contributed by atoms with Crippen LogP contribution in [0.4, 0.5) is 0 Å². The molecule has 1 fully saturated rings. The summed E-state index contributed by atoms with van der Waals surface area (Å²) in [5, 5.41) is 6.70. The number of unbranched alkanes of at least 4 members (excludes halogenated alkanes) is 1. The molecule has 0 saturated carbocycles. The minimum atomic E-state index is 0.358. The largest absolute Gasteiger partial charge is 0.376 e. The zero-order chi connectivity index (χ0) is 14.6. The van der Waals surface area contributed by atoms with Gasteiger partial charge < -0.3 is 20.3 Å². The Labute approximate surface area is 124 Å². The minimum Gasteiger partial charge on any atom is -0.376 e. The molecule has 20 heavy (non-hydrogen) atoms. The van der Waals surface area contributed by atoms with Crippen LogP contribution in [0.1, 0.15) is 39.5 Å². The fourth-order valence-electron chi connectivity index (χ4n) is 2.44. The second-order valence-electron chi connectivity index (χ2n) is 5.25. The Bertz CT molecular complexity index is 261. The predicted octanol–water partition coefficient (Wildman–Crippen LogP) is 1.45. The lowest BCUT2D eigenvalue weighted by Crippen LogP contribution is -2.41. The molecule has 1 atom stereocenters. The molecule has 1 aliphatic heterocycles. The van der Waals surface area contributed by atoms with Gasteiger partial charge in [-0.1, -0.05) is 13.8 Å². The van der Waals surface area contributed by atoms with Crippen LogP contribution < -0.4 is 10.6 Å². The Morgan fingerprint density at radius 1 is 1.25 bits per heavy atom. The van der Waals surface area contributed by atoms with E-state index in [0.717, 1.165) is 45.2 Å². The molecule has 1 rings (SSSR count). The van der Waals surface area contributed by atoms with Gasteiger partial charge in [0.25, 0.3) is 0 Å². The molecule has 0 aromatic carbocycles. The summed E-state index contributed by atoms with van der Waals surface area (Å²) in [5.74, 6) is 0.892. The van der Waals surface area contributed by atoms with E-state index in [0.29, 0.717) is 6.10 Å². The van der Waals surface area contributed by atoms with Crippen LogP contribution in [-0.2, 0) is 4.74 Å². The van der Waals surface area contributed by atoms with Crippen LogP contribution in [0.3, 0.4) is 0 Å². The maximum atomic E-state index is 5.59. The molecule has 0 aromatic rings. The highest BCUT2D eigenvalue weighted by molar-refractivity contribution is 5.79. The van der Waals surface area contributed by atoms with Crippen molar-refractivity contribution in [3.63, 3.8) is 0 Å². The van der Waals surface area contributed by atoms with E-state index in [1.165, 1.54) is 25.8 Å². The summed E-state index contributed by atoms with van der Waals surface area (Å²) in [6.07, 6.45) is 5.11. The van der Waals surface area contributed by atoms with Crippen LogP contribution in [0.5, 0.6) is 0 Å². The van der Waals surface area contributed by atoms with Crippen molar-refractivity contribution in [2.45, 2.75) is 45.6 Å². The molecular weight excluding hydrogens is 252 g/mol. The van der Waals surface area contributed by atoms with Gasteiger partial charge in [0.2, 0.25) is 0 Å². The fourth-order valence-corrected chi connectivity index (χ4v) is 2.44. The Kier molecular flexibility index (Phi) is 9.41. The fraction of sp³-hybridized carbons (Fsp3) is 0.933. The second-order valence-corrected chi connectivity index (χ2v) is 5.25. The quantitative estimate of drug-likeness (QED) is 0.382. The molecule has 0 aromatic heterocycles. The number of nitrogens with one attached hydrogen (secondary N) is 2. The van der Waals surface area contributed by atoms with Crippen LogP contribution >= 0.6 is 0 Å². The Balaban J connectivity index is 2.03. The monoisotopic (exact) mass is 284 g/mol. The SMILES string of the molecule is CCN(CC)CCCCNC(=NC)NCC1CCCO1. The first-order chi connectivity index (χ1) is 9.80. The molecule has 1 saturated heterocycles. The average Bonchev–Trinajstić information content (AvgIpc) is 2.99. The third-order valence-electron chi connectivity index (χ3n) is 3.83. The van der Waals surface area contributed by atoms with E-state index >= 15 is 0 Å². The predicted molar refractivity (Wildman–Crippen MR) is 85.4 cm³/mol. The number of hydrogen-bond donors (Lipinski definition) is 2. The molecule has 0 spiro atoms. The standard InChI is InChI=1S/C15H32N4O/c1-4-19(5-2)11-7-6-10-17-15(16-3)18-13-14-9-8-12-20-14/h14H,4-13H2,1-3H3,(H2,16,17,18). The summed E-state index contributed by atoms with van der Waals surface area (Å²) in [5.41, 5.74) is 0.